The van der Waals surface area contributed by atoms with E-state index in [0.717, 1.165) is 21.7 Å². The molecule has 1 heterocycles. The van der Waals surface area contributed by atoms with Crippen LogP contribution in [0.4, 0.5) is 0 Å². The van der Waals surface area contributed by atoms with E-state index in [1.165, 1.54) is 7.11 Å². The summed E-state index contributed by atoms with van der Waals surface area (Å²) >= 11 is 0. The predicted octanol–water partition coefficient (Wildman–Crippen LogP) is 2.05. The van der Waals surface area contributed by atoms with Crippen molar-refractivity contribution in [3.63, 3.8) is 0 Å². The Bertz CT molecular complexity index is 838. The van der Waals surface area contributed by atoms with E-state index >= 15 is 0 Å². The van der Waals surface area contributed by atoms with Gasteiger partial charge in [-0.05, 0) is 17.5 Å². The van der Waals surface area contributed by atoms with Crippen LogP contribution in [0.1, 0.15) is 10.4 Å². The molecule has 0 radical (unpaired) electrons. The van der Waals surface area contributed by atoms with Crippen molar-refractivity contribution in [2.75, 3.05) is 13.7 Å². The highest BCUT2D eigenvalue weighted by molar-refractivity contribution is 6.07. The van der Waals surface area contributed by atoms with Gasteiger partial charge >= 0.3 is 11.9 Å². The smallest absolute Gasteiger partial charge is 0.344 e. The van der Waals surface area contributed by atoms with Crippen LogP contribution in [0, 0.1) is 0 Å². The van der Waals surface area contributed by atoms with Crippen LogP contribution in [-0.4, -0.2) is 35.9 Å². The first-order valence-corrected chi connectivity index (χ1v) is 6.29. The van der Waals surface area contributed by atoms with Gasteiger partial charge in [-0.2, -0.15) is 5.10 Å². The van der Waals surface area contributed by atoms with Gasteiger partial charge in [-0.1, -0.05) is 18.2 Å². The number of H-pyrrole nitrogens is 1. The number of aromatic nitrogens is 2. The zero-order valence-corrected chi connectivity index (χ0v) is 11.3. The quantitative estimate of drug-likeness (QED) is 0.744. The first-order chi connectivity index (χ1) is 10.2. The van der Waals surface area contributed by atoms with Gasteiger partial charge in [-0.25, -0.2) is 9.59 Å². The van der Waals surface area contributed by atoms with E-state index in [1.807, 2.05) is 18.2 Å². The first kappa shape index (κ1) is 13.1. The van der Waals surface area contributed by atoms with Gasteiger partial charge in [-0.15, -0.1) is 0 Å². The van der Waals surface area contributed by atoms with Crippen molar-refractivity contribution in [3.05, 3.63) is 42.1 Å². The summed E-state index contributed by atoms with van der Waals surface area (Å²) in [4.78, 5) is 22.8. The number of ether oxygens (including phenoxy) is 2. The summed E-state index contributed by atoms with van der Waals surface area (Å²) in [5.41, 5.74) is 1.30. The van der Waals surface area contributed by atoms with Crippen molar-refractivity contribution >= 4 is 33.6 Å². The molecule has 1 aromatic heterocycles. The van der Waals surface area contributed by atoms with Crippen LogP contribution >= 0.6 is 0 Å². The molecule has 0 aliphatic carbocycles. The predicted molar refractivity (Wildman–Crippen MR) is 75.9 cm³/mol. The Labute approximate surface area is 119 Å². The lowest BCUT2D eigenvalue weighted by Crippen LogP contribution is -2.15. The maximum atomic E-state index is 11.9. The summed E-state index contributed by atoms with van der Waals surface area (Å²) in [5, 5.41) is 9.79. The molecule has 2 aromatic carbocycles. The summed E-state index contributed by atoms with van der Waals surface area (Å²) in [6, 6.07) is 9.02. The van der Waals surface area contributed by atoms with E-state index in [4.69, 9.17) is 4.74 Å². The fourth-order valence-corrected chi connectivity index (χ4v) is 2.14. The van der Waals surface area contributed by atoms with Crippen molar-refractivity contribution in [3.8, 4) is 0 Å². The largest absolute Gasteiger partial charge is 0.466 e. The minimum absolute atomic E-state index is 0.380. The zero-order chi connectivity index (χ0) is 14.8. The highest BCUT2D eigenvalue weighted by atomic mass is 16.6. The number of aromatic amines is 1. The highest BCUT2D eigenvalue weighted by Gasteiger charge is 2.11. The first-order valence-electron chi connectivity index (χ1n) is 6.29. The number of nitrogens with zero attached hydrogens (tertiary/aromatic N) is 1. The second kappa shape index (κ2) is 5.24. The number of benzene rings is 2. The van der Waals surface area contributed by atoms with Gasteiger partial charge < -0.3 is 9.47 Å². The van der Waals surface area contributed by atoms with Gasteiger partial charge in [0.25, 0.3) is 0 Å². The molecule has 3 aromatic rings. The summed E-state index contributed by atoms with van der Waals surface area (Å²) in [5.74, 6) is -1.16. The average Bonchev–Trinajstić information content (AvgIpc) is 3.00. The molecule has 0 aliphatic rings. The fourth-order valence-electron chi connectivity index (χ4n) is 2.14. The molecular weight excluding hydrogens is 272 g/mol. The van der Waals surface area contributed by atoms with Gasteiger partial charge in [-0.3, -0.25) is 5.10 Å². The normalized spacial score (nSPS) is 10.7. The van der Waals surface area contributed by atoms with E-state index in [1.54, 1.807) is 18.3 Å². The van der Waals surface area contributed by atoms with Crippen molar-refractivity contribution in [1.29, 1.82) is 0 Å². The third-order valence-corrected chi connectivity index (χ3v) is 3.22. The van der Waals surface area contributed by atoms with E-state index in [0.29, 0.717) is 5.56 Å². The topological polar surface area (TPSA) is 81.3 Å². The zero-order valence-electron chi connectivity index (χ0n) is 11.3. The van der Waals surface area contributed by atoms with E-state index < -0.39 is 18.5 Å². The lowest BCUT2D eigenvalue weighted by atomic mass is 10.0. The molecule has 0 saturated carbocycles. The molecule has 106 valence electrons. The number of hydrogen-bond acceptors (Lipinski definition) is 5. The lowest BCUT2D eigenvalue weighted by Gasteiger charge is -2.05. The number of esters is 2. The molecular formula is C15H12N2O4. The Morgan fingerprint density at radius 3 is 2.81 bits per heavy atom. The average molecular weight is 284 g/mol. The Kier molecular flexibility index (Phi) is 3.27. The monoisotopic (exact) mass is 284 g/mol. The Hall–Kier alpha value is -2.89. The van der Waals surface area contributed by atoms with Crippen molar-refractivity contribution in [2.45, 2.75) is 0 Å². The summed E-state index contributed by atoms with van der Waals surface area (Å²) < 4.78 is 9.29. The van der Waals surface area contributed by atoms with E-state index in [-0.39, 0.29) is 0 Å². The molecule has 6 nitrogen and oxygen atoms in total. The van der Waals surface area contributed by atoms with Gasteiger partial charge in [0, 0.05) is 10.8 Å². The van der Waals surface area contributed by atoms with E-state index in [2.05, 4.69) is 14.9 Å². The van der Waals surface area contributed by atoms with Gasteiger partial charge in [0.1, 0.15) is 0 Å². The third kappa shape index (κ3) is 2.43. The molecule has 6 heteroatoms. The molecule has 0 bridgehead atoms. The molecule has 0 saturated heterocycles. The number of hydrogen-bond donors (Lipinski definition) is 1. The Balaban J connectivity index is 1.92. The van der Waals surface area contributed by atoms with Crippen LogP contribution in [0.3, 0.4) is 0 Å². The summed E-state index contributed by atoms with van der Waals surface area (Å²) in [6.07, 6.45) is 1.74. The number of nitrogens with one attached hydrogen (secondary N) is 1. The van der Waals surface area contributed by atoms with Crippen LogP contribution in [0.25, 0.3) is 21.7 Å². The number of methoxy groups -OCH3 is 1. The second-order valence-electron chi connectivity index (χ2n) is 4.49. The van der Waals surface area contributed by atoms with Crippen LogP contribution in [0.5, 0.6) is 0 Å². The van der Waals surface area contributed by atoms with Gasteiger partial charge in [0.05, 0.1) is 24.4 Å². The maximum Gasteiger partial charge on any atom is 0.344 e. The second-order valence-corrected chi connectivity index (χ2v) is 4.49. The van der Waals surface area contributed by atoms with Crippen LogP contribution < -0.4 is 0 Å². The fraction of sp³-hybridized carbons (Fsp3) is 0.133. The van der Waals surface area contributed by atoms with Crippen molar-refractivity contribution in [2.24, 2.45) is 0 Å². The van der Waals surface area contributed by atoms with E-state index in [9.17, 15) is 9.59 Å². The molecule has 0 fully saturated rings. The lowest BCUT2D eigenvalue weighted by molar-refractivity contribution is -0.144. The summed E-state index contributed by atoms with van der Waals surface area (Å²) in [6.45, 7) is -0.396. The molecule has 3 rings (SSSR count). The standard InChI is InChI=1S/C15H12N2O4/c1-20-13(18)8-21-15(19)10-4-5-12-9(6-10)2-3-11-7-16-17-14(11)12/h2-7H,8H2,1H3,(H,16,17). The van der Waals surface area contributed by atoms with Crippen molar-refractivity contribution < 1.29 is 19.1 Å². The Morgan fingerprint density at radius 1 is 1.19 bits per heavy atom. The minimum Gasteiger partial charge on any atom is -0.466 e. The number of carbonyl (C=O) groups excluding carboxylic acids is 2. The minimum atomic E-state index is -0.594. The maximum absolute atomic E-state index is 11.9. The summed E-state index contributed by atoms with van der Waals surface area (Å²) in [7, 11) is 1.24. The van der Waals surface area contributed by atoms with Gasteiger partial charge in [0.15, 0.2) is 6.61 Å². The van der Waals surface area contributed by atoms with Crippen molar-refractivity contribution in [1.82, 2.24) is 10.2 Å². The molecule has 21 heavy (non-hydrogen) atoms. The molecule has 0 aliphatic heterocycles. The van der Waals surface area contributed by atoms with Crippen LogP contribution in [0.2, 0.25) is 0 Å². The highest BCUT2D eigenvalue weighted by Crippen LogP contribution is 2.24. The van der Waals surface area contributed by atoms with Gasteiger partial charge in [0.2, 0.25) is 0 Å². The number of rotatable bonds is 3. The molecule has 0 spiro atoms. The number of carbonyl (C=O) groups is 2. The molecule has 0 amide bonds. The SMILES string of the molecule is COC(=O)COC(=O)c1ccc2c(ccc3cn[nH]c32)c1. The molecule has 1 N–H and O–H groups in total. The molecule has 0 unspecified atom stereocenters. The van der Waals surface area contributed by atoms with Crippen LogP contribution in [-0.2, 0) is 14.3 Å². The van der Waals surface area contributed by atoms with Crippen LogP contribution in [0.15, 0.2) is 36.5 Å². The Morgan fingerprint density at radius 2 is 2.00 bits per heavy atom. The molecule has 0 atom stereocenters. The number of fused-ring (bicyclic) bond motifs is 3. The third-order valence-electron chi connectivity index (χ3n) is 3.22.